The van der Waals surface area contributed by atoms with Gasteiger partial charge >= 0.3 is 0 Å². The van der Waals surface area contributed by atoms with E-state index in [0.717, 1.165) is 18.5 Å². The van der Waals surface area contributed by atoms with E-state index in [4.69, 9.17) is 0 Å². The molecule has 0 atom stereocenters. The summed E-state index contributed by atoms with van der Waals surface area (Å²) >= 11 is 0. The van der Waals surface area contributed by atoms with Crippen LogP contribution < -0.4 is 10.6 Å². The molecule has 112 valence electrons. The van der Waals surface area contributed by atoms with Gasteiger partial charge in [-0.05, 0) is 6.42 Å². The van der Waals surface area contributed by atoms with E-state index in [1.165, 1.54) is 0 Å². The number of amides is 2. The van der Waals surface area contributed by atoms with Crippen molar-refractivity contribution >= 4 is 17.6 Å². The van der Waals surface area contributed by atoms with Crippen LogP contribution in [0.25, 0.3) is 0 Å². The van der Waals surface area contributed by atoms with Gasteiger partial charge in [0, 0.05) is 30.1 Å². The number of nitrogens with zero attached hydrogens (tertiary/aromatic N) is 1. The maximum Gasteiger partial charge on any atom is 0.227 e. The van der Waals surface area contributed by atoms with Crippen LogP contribution in [-0.4, -0.2) is 28.6 Å². The van der Waals surface area contributed by atoms with Crippen molar-refractivity contribution in [2.45, 2.75) is 47.0 Å². The Bertz CT molecular complexity index is 460. The lowest BCUT2D eigenvalue weighted by atomic mass is 9.96. The number of hydrogen-bond donors (Lipinski definition) is 3. The lowest BCUT2D eigenvalue weighted by Gasteiger charge is -2.17. The zero-order valence-electron chi connectivity index (χ0n) is 12.7. The Kier molecular flexibility index (Phi) is 5.73. The van der Waals surface area contributed by atoms with Gasteiger partial charge in [-0.1, -0.05) is 34.1 Å². The number of carbonyl (C=O) groups excluding carboxylic acids is 2. The first-order valence-electron chi connectivity index (χ1n) is 6.95. The Morgan fingerprint density at radius 2 is 2.05 bits per heavy atom. The summed E-state index contributed by atoms with van der Waals surface area (Å²) in [6.07, 6.45) is 2.16. The molecule has 0 aliphatic carbocycles. The first-order chi connectivity index (χ1) is 9.32. The van der Waals surface area contributed by atoms with Crippen LogP contribution in [-0.2, 0) is 16.0 Å². The Morgan fingerprint density at radius 1 is 1.35 bits per heavy atom. The van der Waals surface area contributed by atoms with Crippen molar-refractivity contribution in [3.05, 3.63) is 11.8 Å². The van der Waals surface area contributed by atoms with Crippen LogP contribution in [0.1, 0.15) is 46.2 Å². The molecule has 1 heterocycles. The number of rotatable bonds is 6. The second-order valence-electron chi connectivity index (χ2n) is 5.83. The summed E-state index contributed by atoms with van der Waals surface area (Å²) in [5, 5.41) is 12.3. The minimum atomic E-state index is -0.437. The van der Waals surface area contributed by atoms with Gasteiger partial charge < -0.3 is 10.6 Å². The van der Waals surface area contributed by atoms with E-state index in [9.17, 15) is 9.59 Å². The number of aromatic nitrogens is 2. The smallest absolute Gasteiger partial charge is 0.227 e. The molecular formula is C14H24N4O2. The largest absolute Gasteiger partial charge is 0.355 e. The Hall–Kier alpha value is -1.85. The maximum absolute atomic E-state index is 11.7. The molecule has 20 heavy (non-hydrogen) atoms. The zero-order chi connectivity index (χ0) is 15.2. The lowest BCUT2D eigenvalue weighted by molar-refractivity contribution is -0.128. The van der Waals surface area contributed by atoms with Gasteiger partial charge in [-0.3, -0.25) is 14.7 Å². The minimum Gasteiger partial charge on any atom is -0.355 e. The summed E-state index contributed by atoms with van der Waals surface area (Å²) in [6.45, 7) is 7.91. The van der Waals surface area contributed by atoms with Gasteiger partial charge in [0.25, 0.3) is 0 Å². The molecule has 0 unspecified atom stereocenters. The fourth-order valence-corrected chi connectivity index (χ4v) is 1.58. The molecule has 1 aromatic heterocycles. The van der Waals surface area contributed by atoms with Crippen molar-refractivity contribution in [2.75, 3.05) is 11.9 Å². The van der Waals surface area contributed by atoms with E-state index >= 15 is 0 Å². The van der Waals surface area contributed by atoms with E-state index in [-0.39, 0.29) is 18.2 Å². The van der Waals surface area contributed by atoms with E-state index in [2.05, 4.69) is 27.8 Å². The van der Waals surface area contributed by atoms with Gasteiger partial charge in [0.2, 0.25) is 11.8 Å². The number of aryl methyl sites for hydroxylation is 1. The molecule has 2 amide bonds. The fraction of sp³-hybridized carbons (Fsp3) is 0.643. The summed E-state index contributed by atoms with van der Waals surface area (Å²) in [7, 11) is 0. The van der Waals surface area contributed by atoms with Crippen LogP contribution in [0.3, 0.4) is 0 Å². The highest BCUT2D eigenvalue weighted by Crippen LogP contribution is 2.12. The predicted octanol–water partition coefficient (Wildman–Crippen LogP) is 1.85. The molecule has 1 rings (SSSR count). The first kappa shape index (κ1) is 16.2. The first-order valence-corrected chi connectivity index (χ1v) is 6.95. The van der Waals surface area contributed by atoms with Crippen molar-refractivity contribution < 1.29 is 9.59 Å². The van der Waals surface area contributed by atoms with Crippen LogP contribution in [0, 0.1) is 5.41 Å². The minimum absolute atomic E-state index is 0.0599. The Balaban J connectivity index is 2.31. The zero-order valence-corrected chi connectivity index (χ0v) is 12.7. The van der Waals surface area contributed by atoms with Crippen LogP contribution >= 0.6 is 0 Å². The molecule has 1 aromatic rings. The standard InChI is InChI=1S/C14H24N4O2/c1-5-6-10-9-11(18-17-10)16-12(19)7-8-15-13(20)14(2,3)4/h9H,5-8H2,1-4H3,(H,15,20)(H2,16,17,18,19). The van der Waals surface area contributed by atoms with Crippen molar-refractivity contribution in [3.8, 4) is 0 Å². The van der Waals surface area contributed by atoms with Gasteiger partial charge in [-0.2, -0.15) is 5.10 Å². The Morgan fingerprint density at radius 3 is 2.65 bits per heavy atom. The number of nitrogens with one attached hydrogen (secondary N) is 3. The third-order valence-electron chi connectivity index (χ3n) is 2.74. The number of aromatic amines is 1. The highest BCUT2D eigenvalue weighted by molar-refractivity contribution is 5.90. The fourth-order valence-electron chi connectivity index (χ4n) is 1.58. The highest BCUT2D eigenvalue weighted by atomic mass is 16.2. The van der Waals surface area contributed by atoms with E-state index in [1.54, 1.807) is 0 Å². The third-order valence-corrected chi connectivity index (χ3v) is 2.74. The normalized spacial score (nSPS) is 11.2. The summed E-state index contributed by atoms with van der Waals surface area (Å²) in [5.41, 5.74) is 0.567. The van der Waals surface area contributed by atoms with Crippen LogP contribution in [0.4, 0.5) is 5.82 Å². The number of hydrogen-bond acceptors (Lipinski definition) is 3. The van der Waals surface area contributed by atoms with Crippen LogP contribution in [0.15, 0.2) is 6.07 Å². The molecule has 0 spiro atoms. The molecule has 0 bridgehead atoms. The van der Waals surface area contributed by atoms with Crippen molar-refractivity contribution in [3.63, 3.8) is 0 Å². The van der Waals surface area contributed by atoms with E-state index in [0.29, 0.717) is 12.4 Å². The summed E-state index contributed by atoms with van der Waals surface area (Å²) in [4.78, 5) is 23.3. The van der Waals surface area contributed by atoms with Gasteiger partial charge in [-0.25, -0.2) is 0 Å². The van der Waals surface area contributed by atoms with Crippen LogP contribution in [0.5, 0.6) is 0 Å². The molecule has 6 nitrogen and oxygen atoms in total. The molecule has 6 heteroatoms. The topological polar surface area (TPSA) is 86.9 Å². The molecule has 3 N–H and O–H groups in total. The second kappa shape index (κ2) is 7.07. The average Bonchev–Trinajstić information content (AvgIpc) is 2.75. The summed E-state index contributed by atoms with van der Waals surface area (Å²) in [5.74, 6) is 0.310. The molecule has 0 aliphatic rings. The quantitative estimate of drug-likeness (QED) is 0.743. The van der Waals surface area contributed by atoms with E-state index < -0.39 is 5.41 Å². The van der Waals surface area contributed by atoms with Gasteiger partial charge in [-0.15, -0.1) is 0 Å². The monoisotopic (exact) mass is 280 g/mol. The second-order valence-corrected chi connectivity index (χ2v) is 5.83. The maximum atomic E-state index is 11.7. The van der Waals surface area contributed by atoms with Gasteiger partial charge in [0.15, 0.2) is 5.82 Å². The summed E-state index contributed by atoms with van der Waals surface area (Å²) in [6, 6.07) is 1.83. The number of carbonyl (C=O) groups is 2. The van der Waals surface area contributed by atoms with E-state index in [1.807, 2.05) is 26.8 Å². The molecule has 0 aliphatic heterocycles. The number of H-pyrrole nitrogens is 1. The SMILES string of the molecule is CCCc1cc(NC(=O)CCNC(=O)C(C)(C)C)n[nH]1. The molecule has 0 aromatic carbocycles. The molecule has 0 fully saturated rings. The van der Waals surface area contributed by atoms with Gasteiger partial charge in [0.1, 0.15) is 0 Å². The average molecular weight is 280 g/mol. The lowest BCUT2D eigenvalue weighted by Crippen LogP contribution is -2.36. The molecule has 0 saturated carbocycles. The molecule has 0 saturated heterocycles. The van der Waals surface area contributed by atoms with Crippen molar-refractivity contribution in [2.24, 2.45) is 5.41 Å². The molecule has 0 radical (unpaired) electrons. The summed E-state index contributed by atoms with van der Waals surface area (Å²) < 4.78 is 0. The van der Waals surface area contributed by atoms with Crippen molar-refractivity contribution in [1.82, 2.24) is 15.5 Å². The Labute approximate surface area is 119 Å². The van der Waals surface area contributed by atoms with Gasteiger partial charge in [0.05, 0.1) is 0 Å². The number of anilines is 1. The predicted molar refractivity (Wildman–Crippen MR) is 78.3 cm³/mol. The molecular weight excluding hydrogens is 256 g/mol. The third kappa shape index (κ3) is 5.42. The van der Waals surface area contributed by atoms with Crippen LogP contribution in [0.2, 0.25) is 0 Å². The highest BCUT2D eigenvalue weighted by Gasteiger charge is 2.20. The van der Waals surface area contributed by atoms with Crippen molar-refractivity contribution in [1.29, 1.82) is 0 Å².